The standard InChI is InChI=1S/C16H29N3O2/c1-16(2,3)21-15(20)18-13-8-12(9-13)17-11-6-7-19(10-11)14-4-5-14/h11-14,17H,4-10H2,1-3H3,(H,18,20). The van der Waals surface area contributed by atoms with Crippen LogP contribution in [0.3, 0.4) is 0 Å². The van der Waals surface area contributed by atoms with E-state index in [9.17, 15) is 4.79 Å². The molecule has 2 aliphatic carbocycles. The molecule has 2 saturated carbocycles. The Morgan fingerprint density at radius 2 is 1.81 bits per heavy atom. The predicted molar refractivity (Wildman–Crippen MR) is 82.3 cm³/mol. The normalized spacial score (nSPS) is 33.6. The lowest BCUT2D eigenvalue weighted by molar-refractivity contribution is 0.0463. The molecule has 1 atom stereocenters. The molecule has 0 radical (unpaired) electrons. The summed E-state index contributed by atoms with van der Waals surface area (Å²) in [5, 5.41) is 6.70. The maximum Gasteiger partial charge on any atom is 0.407 e. The molecular weight excluding hydrogens is 266 g/mol. The summed E-state index contributed by atoms with van der Waals surface area (Å²) < 4.78 is 5.28. The highest BCUT2D eigenvalue weighted by molar-refractivity contribution is 5.68. The Hall–Kier alpha value is -0.810. The number of carbonyl (C=O) groups is 1. The highest BCUT2D eigenvalue weighted by atomic mass is 16.6. The van der Waals surface area contributed by atoms with Crippen LogP contribution in [0.15, 0.2) is 0 Å². The van der Waals surface area contributed by atoms with Gasteiger partial charge >= 0.3 is 6.09 Å². The van der Waals surface area contributed by atoms with Crippen LogP contribution >= 0.6 is 0 Å². The molecular formula is C16H29N3O2. The third-order valence-electron chi connectivity index (χ3n) is 4.61. The van der Waals surface area contributed by atoms with Gasteiger partial charge in [0.15, 0.2) is 0 Å². The second-order valence-electron chi connectivity index (χ2n) is 7.89. The molecule has 1 aliphatic heterocycles. The molecule has 0 aromatic heterocycles. The molecule has 1 saturated heterocycles. The Bertz CT molecular complexity index is 383. The van der Waals surface area contributed by atoms with Crippen LogP contribution in [-0.2, 0) is 4.74 Å². The molecule has 2 N–H and O–H groups in total. The predicted octanol–water partition coefficient (Wildman–Crippen LogP) is 1.87. The molecule has 3 rings (SSSR count). The Morgan fingerprint density at radius 3 is 2.43 bits per heavy atom. The average Bonchev–Trinajstić information content (AvgIpc) is 3.05. The monoisotopic (exact) mass is 295 g/mol. The zero-order valence-electron chi connectivity index (χ0n) is 13.5. The third-order valence-corrected chi connectivity index (χ3v) is 4.61. The van der Waals surface area contributed by atoms with E-state index in [-0.39, 0.29) is 12.1 Å². The zero-order valence-corrected chi connectivity index (χ0v) is 13.5. The summed E-state index contributed by atoms with van der Waals surface area (Å²) >= 11 is 0. The lowest BCUT2D eigenvalue weighted by atomic mass is 9.86. The summed E-state index contributed by atoms with van der Waals surface area (Å²) in [5.74, 6) is 0. The number of amides is 1. The van der Waals surface area contributed by atoms with Crippen LogP contribution in [0.25, 0.3) is 0 Å². The van der Waals surface area contributed by atoms with E-state index in [0.29, 0.717) is 12.1 Å². The van der Waals surface area contributed by atoms with Crippen LogP contribution in [0.2, 0.25) is 0 Å². The first-order valence-corrected chi connectivity index (χ1v) is 8.39. The number of rotatable bonds is 4. The van der Waals surface area contributed by atoms with Gasteiger partial charge in [-0.3, -0.25) is 4.90 Å². The average molecular weight is 295 g/mol. The fourth-order valence-electron chi connectivity index (χ4n) is 3.37. The largest absolute Gasteiger partial charge is 0.444 e. The van der Waals surface area contributed by atoms with E-state index < -0.39 is 5.60 Å². The molecule has 1 heterocycles. The Labute approximate surface area is 127 Å². The van der Waals surface area contributed by atoms with Gasteiger partial charge in [-0.25, -0.2) is 4.79 Å². The molecule has 120 valence electrons. The molecule has 0 spiro atoms. The van der Waals surface area contributed by atoms with Gasteiger partial charge in [-0.05, 0) is 52.9 Å². The highest BCUT2D eigenvalue weighted by Crippen LogP contribution is 2.30. The molecule has 3 fully saturated rings. The van der Waals surface area contributed by atoms with Crippen LogP contribution in [0.1, 0.15) is 52.9 Å². The third kappa shape index (κ3) is 4.33. The first-order chi connectivity index (χ1) is 9.89. The maximum absolute atomic E-state index is 11.7. The first-order valence-electron chi connectivity index (χ1n) is 8.39. The van der Waals surface area contributed by atoms with E-state index >= 15 is 0 Å². The van der Waals surface area contributed by atoms with Crippen molar-refractivity contribution in [2.45, 2.75) is 82.6 Å². The van der Waals surface area contributed by atoms with Gasteiger partial charge in [0.05, 0.1) is 0 Å². The second kappa shape index (κ2) is 5.76. The highest BCUT2D eigenvalue weighted by Gasteiger charge is 2.37. The van der Waals surface area contributed by atoms with Crippen molar-refractivity contribution in [2.75, 3.05) is 13.1 Å². The van der Waals surface area contributed by atoms with E-state index in [1.54, 1.807) is 0 Å². The van der Waals surface area contributed by atoms with E-state index in [4.69, 9.17) is 4.74 Å². The Morgan fingerprint density at radius 1 is 1.10 bits per heavy atom. The first kappa shape index (κ1) is 15.1. The lowest BCUT2D eigenvalue weighted by Crippen LogP contribution is -2.55. The minimum Gasteiger partial charge on any atom is -0.444 e. The minimum atomic E-state index is -0.415. The van der Waals surface area contributed by atoms with Crippen molar-refractivity contribution >= 4 is 6.09 Å². The van der Waals surface area contributed by atoms with Gasteiger partial charge in [0, 0.05) is 37.3 Å². The zero-order chi connectivity index (χ0) is 15.0. The molecule has 1 unspecified atom stereocenters. The smallest absolute Gasteiger partial charge is 0.407 e. The Balaban J connectivity index is 1.30. The summed E-state index contributed by atoms with van der Waals surface area (Å²) in [6, 6.07) is 2.38. The van der Waals surface area contributed by atoms with Gasteiger partial charge in [0.1, 0.15) is 5.60 Å². The number of hydrogen-bond acceptors (Lipinski definition) is 4. The van der Waals surface area contributed by atoms with Crippen molar-refractivity contribution in [1.29, 1.82) is 0 Å². The van der Waals surface area contributed by atoms with E-state index in [0.717, 1.165) is 18.9 Å². The molecule has 5 nitrogen and oxygen atoms in total. The summed E-state index contributed by atoms with van der Waals surface area (Å²) in [5.41, 5.74) is -0.415. The molecule has 0 bridgehead atoms. The summed E-state index contributed by atoms with van der Waals surface area (Å²) in [7, 11) is 0. The fraction of sp³-hybridized carbons (Fsp3) is 0.938. The van der Waals surface area contributed by atoms with Gasteiger partial charge in [-0.15, -0.1) is 0 Å². The van der Waals surface area contributed by atoms with Crippen molar-refractivity contribution in [3.8, 4) is 0 Å². The van der Waals surface area contributed by atoms with Crippen molar-refractivity contribution in [1.82, 2.24) is 15.5 Å². The van der Waals surface area contributed by atoms with Crippen molar-refractivity contribution in [2.24, 2.45) is 0 Å². The molecule has 3 aliphatic rings. The van der Waals surface area contributed by atoms with Crippen LogP contribution in [0, 0.1) is 0 Å². The second-order valence-corrected chi connectivity index (χ2v) is 7.89. The fourth-order valence-corrected chi connectivity index (χ4v) is 3.37. The molecule has 21 heavy (non-hydrogen) atoms. The quantitative estimate of drug-likeness (QED) is 0.831. The number of ether oxygens (including phenoxy) is 1. The van der Waals surface area contributed by atoms with Gasteiger partial charge in [-0.2, -0.15) is 0 Å². The molecule has 5 heteroatoms. The summed E-state index contributed by atoms with van der Waals surface area (Å²) in [6.07, 6.45) is 5.85. The number of carbonyl (C=O) groups excluding carboxylic acids is 1. The van der Waals surface area contributed by atoms with Crippen molar-refractivity contribution in [3.63, 3.8) is 0 Å². The molecule has 0 aromatic carbocycles. The molecule has 0 aromatic rings. The summed E-state index contributed by atoms with van der Waals surface area (Å²) in [4.78, 5) is 14.3. The van der Waals surface area contributed by atoms with Crippen molar-refractivity contribution < 1.29 is 9.53 Å². The van der Waals surface area contributed by atoms with E-state index in [1.165, 1.54) is 32.4 Å². The SMILES string of the molecule is CC(C)(C)OC(=O)NC1CC(NC2CCN(C3CC3)C2)C1. The van der Waals surface area contributed by atoms with Gasteiger partial charge < -0.3 is 15.4 Å². The number of nitrogens with zero attached hydrogens (tertiary/aromatic N) is 1. The minimum absolute atomic E-state index is 0.276. The number of likely N-dealkylation sites (tertiary alicyclic amines) is 1. The van der Waals surface area contributed by atoms with Crippen LogP contribution in [-0.4, -0.2) is 53.9 Å². The van der Waals surface area contributed by atoms with Gasteiger partial charge in [0.25, 0.3) is 0 Å². The van der Waals surface area contributed by atoms with Gasteiger partial charge in [-0.1, -0.05) is 0 Å². The van der Waals surface area contributed by atoms with Crippen LogP contribution in [0.4, 0.5) is 4.79 Å². The van der Waals surface area contributed by atoms with Crippen LogP contribution in [0.5, 0.6) is 0 Å². The molecule has 1 amide bonds. The van der Waals surface area contributed by atoms with Crippen molar-refractivity contribution in [3.05, 3.63) is 0 Å². The topological polar surface area (TPSA) is 53.6 Å². The number of hydrogen-bond donors (Lipinski definition) is 2. The number of nitrogens with one attached hydrogen (secondary N) is 2. The lowest BCUT2D eigenvalue weighted by Gasteiger charge is -2.38. The van der Waals surface area contributed by atoms with Crippen LogP contribution < -0.4 is 10.6 Å². The van der Waals surface area contributed by atoms with Gasteiger partial charge in [0.2, 0.25) is 0 Å². The van der Waals surface area contributed by atoms with E-state index in [1.807, 2.05) is 20.8 Å². The Kier molecular flexibility index (Phi) is 4.14. The maximum atomic E-state index is 11.7. The number of alkyl carbamates (subject to hydrolysis) is 1. The summed E-state index contributed by atoms with van der Waals surface area (Å²) in [6.45, 7) is 8.15. The van der Waals surface area contributed by atoms with E-state index in [2.05, 4.69) is 15.5 Å².